The maximum absolute atomic E-state index is 11.7. The van der Waals surface area contributed by atoms with E-state index in [-0.39, 0.29) is 5.70 Å². The highest BCUT2D eigenvalue weighted by Gasteiger charge is 2.53. The molecule has 1 saturated heterocycles. The summed E-state index contributed by atoms with van der Waals surface area (Å²) < 4.78 is 1.86. The minimum atomic E-state index is -1.12. The number of hydrogen-bond acceptors (Lipinski definition) is 4. The number of pyridine rings is 1. The van der Waals surface area contributed by atoms with E-state index < -0.39 is 23.4 Å². The highest BCUT2D eigenvalue weighted by atomic mass is 32.2. The molecule has 2 N–H and O–H groups in total. The molecule has 1 aromatic heterocycles. The molecule has 2 aliphatic rings. The number of hydrogen-bond donors (Lipinski definition) is 2. The molecule has 1 unspecified atom stereocenters. The molecular weight excluding hydrogens is 280 g/mol. The monoisotopic (exact) mass is 293 g/mol. The first kappa shape index (κ1) is 13.1. The smallest absolute Gasteiger partial charge is 0.352 e. The Kier molecular flexibility index (Phi) is 3.23. The molecule has 1 amide bonds. The number of rotatable bonds is 3. The number of nitrogens with zero attached hydrogens (tertiary/aromatic N) is 2. The van der Waals surface area contributed by atoms with Crippen LogP contribution in [0.3, 0.4) is 0 Å². The number of aliphatic hydroxyl groups is 1. The van der Waals surface area contributed by atoms with Gasteiger partial charge in [-0.1, -0.05) is 6.07 Å². The van der Waals surface area contributed by atoms with Gasteiger partial charge in [0.05, 0.1) is 0 Å². The zero-order valence-electron chi connectivity index (χ0n) is 10.5. The first-order chi connectivity index (χ1) is 9.59. The van der Waals surface area contributed by atoms with Gasteiger partial charge in [0.15, 0.2) is 25.0 Å². The topological polar surface area (TPSA) is 81.7 Å². The second-order valence-electron chi connectivity index (χ2n) is 4.66. The van der Waals surface area contributed by atoms with Gasteiger partial charge >= 0.3 is 5.97 Å². The van der Waals surface area contributed by atoms with Gasteiger partial charge in [-0.3, -0.25) is 9.69 Å². The van der Waals surface area contributed by atoms with Crippen molar-refractivity contribution in [1.29, 1.82) is 0 Å². The van der Waals surface area contributed by atoms with Crippen molar-refractivity contribution in [2.45, 2.75) is 18.0 Å². The first-order valence-corrected chi connectivity index (χ1v) is 7.16. The lowest BCUT2D eigenvalue weighted by atomic mass is 10.1. The van der Waals surface area contributed by atoms with Crippen LogP contribution in [0.25, 0.3) is 0 Å². The van der Waals surface area contributed by atoms with Crippen molar-refractivity contribution in [1.82, 2.24) is 4.90 Å². The highest BCUT2D eigenvalue weighted by molar-refractivity contribution is 8.00. The molecule has 2 atom stereocenters. The number of fused-ring (bicyclic) bond motifs is 1. The number of aromatic nitrogens is 1. The van der Waals surface area contributed by atoms with Crippen molar-refractivity contribution in [3.63, 3.8) is 0 Å². The largest absolute Gasteiger partial charge is 0.477 e. The van der Waals surface area contributed by atoms with E-state index in [1.165, 1.54) is 16.7 Å². The molecule has 0 spiro atoms. The lowest BCUT2D eigenvalue weighted by Crippen LogP contribution is -2.65. The second kappa shape index (κ2) is 4.92. The molecule has 1 fully saturated rings. The number of carbonyl (C=O) groups excluding carboxylic acids is 1. The van der Waals surface area contributed by atoms with Crippen molar-refractivity contribution in [3.05, 3.63) is 41.9 Å². The van der Waals surface area contributed by atoms with Crippen molar-refractivity contribution in [3.8, 4) is 0 Å². The summed E-state index contributed by atoms with van der Waals surface area (Å²) in [5.74, 6) is -1.16. The molecular formula is C13H13N2O4S+. The molecule has 0 radical (unpaired) electrons. The summed E-state index contributed by atoms with van der Waals surface area (Å²) in [5, 5.41) is 18.5. The van der Waals surface area contributed by atoms with Gasteiger partial charge in [0, 0.05) is 23.5 Å². The Bertz CT molecular complexity index is 602. The minimum absolute atomic E-state index is 0.0143. The summed E-state index contributed by atoms with van der Waals surface area (Å²) in [6, 6.07) is 5.60. The number of aliphatic carboxylic acids is 1. The number of carbonyl (C=O) groups is 2. The van der Waals surface area contributed by atoms with Crippen LogP contribution in [0.4, 0.5) is 0 Å². The molecule has 104 valence electrons. The van der Waals surface area contributed by atoms with Crippen LogP contribution in [-0.4, -0.2) is 44.2 Å². The van der Waals surface area contributed by atoms with Gasteiger partial charge in [-0.05, 0) is 0 Å². The lowest BCUT2D eigenvalue weighted by molar-refractivity contribution is -0.689. The number of carboxylic acid groups (broad SMARTS) is 1. The summed E-state index contributed by atoms with van der Waals surface area (Å²) in [6.07, 6.45) is 2.60. The van der Waals surface area contributed by atoms with Crippen LogP contribution in [0, 0.1) is 0 Å². The average molecular weight is 293 g/mol. The van der Waals surface area contributed by atoms with Crippen LogP contribution in [0.5, 0.6) is 0 Å². The highest BCUT2D eigenvalue weighted by Crippen LogP contribution is 2.40. The van der Waals surface area contributed by atoms with Gasteiger partial charge < -0.3 is 10.2 Å². The van der Waals surface area contributed by atoms with Crippen molar-refractivity contribution < 1.29 is 24.4 Å². The summed E-state index contributed by atoms with van der Waals surface area (Å²) in [7, 11) is 0. The third-order valence-electron chi connectivity index (χ3n) is 3.37. The van der Waals surface area contributed by atoms with E-state index in [0.717, 1.165) is 0 Å². The average Bonchev–Trinajstić information content (AvgIpc) is 2.46. The van der Waals surface area contributed by atoms with Crippen molar-refractivity contribution in [2.75, 3.05) is 5.75 Å². The zero-order valence-corrected chi connectivity index (χ0v) is 11.3. The van der Waals surface area contributed by atoms with Crippen LogP contribution in [0.1, 0.15) is 0 Å². The van der Waals surface area contributed by atoms with Crippen molar-refractivity contribution in [2.24, 2.45) is 0 Å². The van der Waals surface area contributed by atoms with Crippen LogP contribution in [-0.2, 0) is 16.1 Å². The van der Waals surface area contributed by atoms with E-state index in [9.17, 15) is 19.8 Å². The molecule has 7 heteroatoms. The zero-order chi connectivity index (χ0) is 14.3. The Balaban J connectivity index is 1.94. The standard InChI is InChI=1S/C13H12N2O4S/c16-10-11(17)15-9(13(18)19)8(7-20-12(10)15)6-14-4-2-1-3-5-14/h1-5,10,12,16H,6-7H2/p+1/t10?,12-/m1/s1. The molecule has 1 aromatic rings. The quantitative estimate of drug-likeness (QED) is 0.585. The second-order valence-corrected chi connectivity index (χ2v) is 5.76. The summed E-state index contributed by atoms with van der Waals surface area (Å²) in [4.78, 5) is 24.3. The van der Waals surface area contributed by atoms with Crippen LogP contribution in [0.2, 0.25) is 0 Å². The predicted octanol–water partition coefficient (Wildman–Crippen LogP) is -0.411. The SMILES string of the molecule is O=C(O)C1=C(C[n+]2ccccc2)CS[C@@H]2C(O)C(=O)N12. The Morgan fingerprint density at radius 2 is 2.10 bits per heavy atom. The van der Waals surface area contributed by atoms with Gasteiger partial charge in [0.2, 0.25) is 0 Å². The van der Waals surface area contributed by atoms with Crippen LogP contribution in [0.15, 0.2) is 41.9 Å². The Morgan fingerprint density at radius 3 is 2.75 bits per heavy atom. The van der Waals surface area contributed by atoms with E-state index in [1.807, 2.05) is 35.2 Å². The fourth-order valence-electron chi connectivity index (χ4n) is 2.41. The lowest BCUT2D eigenvalue weighted by Gasteiger charge is -2.46. The summed E-state index contributed by atoms with van der Waals surface area (Å²) in [5.41, 5.74) is 0.690. The molecule has 3 heterocycles. The minimum Gasteiger partial charge on any atom is -0.477 e. The van der Waals surface area contributed by atoms with Gasteiger partial charge in [0.25, 0.3) is 5.91 Å². The number of amides is 1. The fraction of sp³-hybridized carbons (Fsp3) is 0.308. The number of β-lactam (4-membered cyclic amide) rings is 1. The van der Waals surface area contributed by atoms with Gasteiger partial charge in [-0.15, -0.1) is 11.8 Å². The maximum atomic E-state index is 11.7. The maximum Gasteiger partial charge on any atom is 0.352 e. The fourth-order valence-corrected chi connectivity index (χ4v) is 3.67. The molecule has 2 aliphatic heterocycles. The number of thioether (sulfide) groups is 1. The summed E-state index contributed by atoms with van der Waals surface area (Å²) in [6.45, 7) is 0.419. The summed E-state index contributed by atoms with van der Waals surface area (Å²) >= 11 is 1.39. The van der Waals surface area contributed by atoms with Crippen molar-refractivity contribution >= 4 is 23.6 Å². The Morgan fingerprint density at radius 1 is 1.40 bits per heavy atom. The number of aliphatic hydroxyl groups excluding tert-OH is 1. The van der Waals surface area contributed by atoms with Gasteiger partial charge in [-0.25, -0.2) is 9.36 Å². The van der Waals surface area contributed by atoms with Crippen LogP contribution >= 0.6 is 11.8 Å². The Labute approximate surface area is 119 Å². The molecule has 0 aromatic carbocycles. The van der Waals surface area contributed by atoms with Gasteiger partial charge in [-0.2, -0.15) is 0 Å². The molecule has 20 heavy (non-hydrogen) atoms. The molecule has 6 nitrogen and oxygen atoms in total. The molecule has 0 bridgehead atoms. The first-order valence-electron chi connectivity index (χ1n) is 6.11. The van der Waals surface area contributed by atoms with E-state index in [2.05, 4.69) is 0 Å². The van der Waals surface area contributed by atoms with E-state index in [4.69, 9.17) is 0 Å². The van der Waals surface area contributed by atoms with E-state index >= 15 is 0 Å². The third kappa shape index (κ3) is 1.99. The molecule has 0 aliphatic carbocycles. The third-order valence-corrected chi connectivity index (χ3v) is 4.70. The normalized spacial score (nSPS) is 25.2. The van der Waals surface area contributed by atoms with Crippen LogP contribution < -0.4 is 4.57 Å². The molecule has 3 rings (SSSR count). The van der Waals surface area contributed by atoms with E-state index in [1.54, 1.807) is 0 Å². The Hall–Kier alpha value is -1.86. The van der Waals surface area contributed by atoms with E-state index in [0.29, 0.717) is 17.9 Å². The predicted molar refractivity (Wildman–Crippen MR) is 70.4 cm³/mol. The number of carboxylic acids is 1. The van der Waals surface area contributed by atoms with Gasteiger partial charge in [0.1, 0.15) is 11.1 Å². The molecule has 0 saturated carbocycles.